The lowest BCUT2D eigenvalue weighted by Gasteiger charge is -2.23. The first kappa shape index (κ1) is 24.8. The summed E-state index contributed by atoms with van der Waals surface area (Å²) in [6, 6.07) is 17.5. The standard InChI is InChI=1S/C26H20ClF3N2O2S/c1-15-24(35-25(31-15)19-13-20(28)22(30)23(33)21(19)29)26(34)32(12-11-16-5-3-2-4-6-16)14-17-7-9-18(27)10-8-17/h2-10,13,33H,11-12,14H2,1H3. The Balaban J connectivity index is 1.66. The second-order valence-corrected chi connectivity index (χ2v) is 9.34. The van der Waals surface area contributed by atoms with Gasteiger partial charge in [0.25, 0.3) is 5.91 Å². The van der Waals surface area contributed by atoms with Crippen LogP contribution in [-0.4, -0.2) is 27.4 Å². The van der Waals surface area contributed by atoms with Crippen molar-refractivity contribution in [2.45, 2.75) is 19.9 Å². The molecule has 180 valence electrons. The summed E-state index contributed by atoms with van der Waals surface area (Å²) >= 11 is 6.85. The number of hydrogen-bond acceptors (Lipinski definition) is 4. The highest BCUT2D eigenvalue weighted by atomic mass is 35.5. The van der Waals surface area contributed by atoms with Gasteiger partial charge < -0.3 is 10.0 Å². The number of benzene rings is 3. The van der Waals surface area contributed by atoms with Gasteiger partial charge >= 0.3 is 0 Å². The lowest BCUT2D eigenvalue weighted by Crippen LogP contribution is -2.32. The summed E-state index contributed by atoms with van der Waals surface area (Å²) in [5.41, 5.74) is 1.83. The molecule has 1 amide bonds. The quantitative estimate of drug-likeness (QED) is 0.275. The minimum absolute atomic E-state index is 0.0351. The molecule has 0 atom stereocenters. The summed E-state index contributed by atoms with van der Waals surface area (Å²) < 4.78 is 41.8. The number of aromatic nitrogens is 1. The van der Waals surface area contributed by atoms with Gasteiger partial charge in [0.15, 0.2) is 17.4 Å². The first-order valence-electron chi connectivity index (χ1n) is 10.7. The lowest BCUT2D eigenvalue weighted by atomic mass is 10.1. The van der Waals surface area contributed by atoms with Gasteiger partial charge in [-0.1, -0.05) is 54.1 Å². The van der Waals surface area contributed by atoms with E-state index in [2.05, 4.69) is 4.98 Å². The zero-order valence-corrected chi connectivity index (χ0v) is 20.1. The summed E-state index contributed by atoms with van der Waals surface area (Å²) in [6.07, 6.45) is 0.608. The average Bonchev–Trinajstić information content (AvgIpc) is 3.25. The molecule has 4 nitrogen and oxygen atoms in total. The maximum atomic E-state index is 14.5. The van der Waals surface area contributed by atoms with Crippen molar-refractivity contribution in [1.29, 1.82) is 0 Å². The average molecular weight is 517 g/mol. The van der Waals surface area contributed by atoms with Crippen LogP contribution >= 0.6 is 22.9 Å². The van der Waals surface area contributed by atoms with Gasteiger partial charge in [0.05, 0.1) is 11.3 Å². The molecule has 0 spiro atoms. The number of aromatic hydroxyl groups is 1. The summed E-state index contributed by atoms with van der Waals surface area (Å²) in [7, 11) is 0. The van der Waals surface area contributed by atoms with Crippen molar-refractivity contribution in [3.63, 3.8) is 0 Å². The van der Waals surface area contributed by atoms with E-state index in [4.69, 9.17) is 11.6 Å². The smallest absolute Gasteiger partial charge is 0.266 e. The fourth-order valence-corrected chi connectivity index (χ4v) is 4.74. The van der Waals surface area contributed by atoms with Crippen molar-refractivity contribution in [3.8, 4) is 16.3 Å². The molecule has 0 saturated carbocycles. The predicted octanol–water partition coefficient (Wildman–Crippen LogP) is 6.78. The van der Waals surface area contributed by atoms with E-state index in [0.717, 1.165) is 22.5 Å². The number of nitrogens with zero attached hydrogens (tertiary/aromatic N) is 2. The van der Waals surface area contributed by atoms with E-state index in [1.165, 1.54) is 0 Å². The molecular weight excluding hydrogens is 497 g/mol. The molecule has 0 aliphatic rings. The second-order valence-electron chi connectivity index (χ2n) is 7.90. The Kier molecular flexibility index (Phi) is 7.42. The van der Waals surface area contributed by atoms with Gasteiger partial charge in [0, 0.05) is 18.1 Å². The molecule has 0 radical (unpaired) electrons. The fourth-order valence-electron chi connectivity index (χ4n) is 3.57. The van der Waals surface area contributed by atoms with E-state index in [0.29, 0.717) is 36.3 Å². The first-order valence-corrected chi connectivity index (χ1v) is 11.9. The number of carbonyl (C=O) groups is 1. The molecule has 1 aromatic heterocycles. The van der Waals surface area contributed by atoms with Crippen molar-refractivity contribution in [1.82, 2.24) is 9.88 Å². The molecule has 9 heteroatoms. The van der Waals surface area contributed by atoms with Crippen LogP contribution in [-0.2, 0) is 13.0 Å². The summed E-state index contributed by atoms with van der Waals surface area (Å²) in [5.74, 6) is -6.17. The zero-order chi connectivity index (χ0) is 25.1. The van der Waals surface area contributed by atoms with E-state index >= 15 is 0 Å². The van der Waals surface area contributed by atoms with Crippen LogP contribution in [0.5, 0.6) is 5.75 Å². The van der Waals surface area contributed by atoms with Gasteiger partial charge in [-0.2, -0.15) is 4.39 Å². The van der Waals surface area contributed by atoms with Gasteiger partial charge in [-0.05, 0) is 42.7 Å². The normalized spacial score (nSPS) is 11.0. The molecule has 4 rings (SSSR count). The van der Waals surface area contributed by atoms with Crippen molar-refractivity contribution >= 4 is 28.8 Å². The molecule has 0 fully saturated rings. The van der Waals surface area contributed by atoms with Crippen LogP contribution in [0.15, 0.2) is 60.7 Å². The number of halogens is 4. The molecule has 35 heavy (non-hydrogen) atoms. The Morgan fingerprint density at radius 2 is 1.71 bits per heavy atom. The van der Waals surface area contributed by atoms with Gasteiger partial charge in [-0.25, -0.2) is 13.8 Å². The molecular formula is C26H20ClF3N2O2S. The Labute approximate surface area is 209 Å². The minimum atomic E-state index is -1.68. The largest absolute Gasteiger partial charge is 0.503 e. The molecule has 4 aromatic rings. The number of rotatable bonds is 7. The third-order valence-electron chi connectivity index (χ3n) is 5.44. The van der Waals surface area contributed by atoms with E-state index < -0.39 is 28.8 Å². The van der Waals surface area contributed by atoms with E-state index in [1.54, 1.807) is 24.0 Å². The zero-order valence-electron chi connectivity index (χ0n) is 18.6. The number of thiazole rings is 1. The Hall–Kier alpha value is -3.36. The topological polar surface area (TPSA) is 53.4 Å². The van der Waals surface area contributed by atoms with Crippen LogP contribution in [0.3, 0.4) is 0 Å². The van der Waals surface area contributed by atoms with Crippen LogP contribution in [0.25, 0.3) is 10.6 Å². The number of hydrogen-bond donors (Lipinski definition) is 1. The third-order valence-corrected chi connectivity index (χ3v) is 6.87. The van der Waals surface area contributed by atoms with E-state index in [1.807, 2.05) is 42.5 Å². The third kappa shape index (κ3) is 5.49. The number of amides is 1. The Bertz CT molecular complexity index is 1360. The Morgan fingerprint density at radius 3 is 2.40 bits per heavy atom. The highest BCUT2D eigenvalue weighted by molar-refractivity contribution is 7.17. The number of phenols is 1. The lowest BCUT2D eigenvalue weighted by molar-refractivity contribution is 0.0749. The maximum Gasteiger partial charge on any atom is 0.266 e. The highest BCUT2D eigenvalue weighted by Crippen LogP contribution is 2.36. The van der Waals surface area contributed by atoms with Crippen molar-refractivity contribution in [2.75, 3.05) is 6.54 Å². The fraction of sp³-hybridized carbons (Fsp3) is 0.154. The molecule has 0 aliphatic heterocycles. The van der Waals surface area contributed by atoms with E-state index in [9.17, 15) is 23.1 Å². The summed E-state index contributed by atoms with van der Waals surface area (Å²) in [4.78, 5) is 19.7. The van der Waals surface area contributed by atoms with Gasteiger partial charge in [-0.3, -0.25) is 4.79 Å². The van der Waals surface area contributed by atoms with Crippen molar-refractivity contribution in [3.05, 3.63) is 105 Å². The number of aryl methyl sites for hydroxylation is 1. The molecule has 0 unspecified atom stereocenters. The highest BCUT2D eigenvalue weighted by Gasteiger charge is 2.26. The maximum absolute atomic E-state index is 14.5. The molecule has 0 bridgehead atoms. The number of carbonyl (C=O) groups excluding carboxylic acids is 1. The van der Waals surface area contributed by atoms with Crippen LogP contribution < -0.4 is 0 Å². The molecule has 0 saturated heterocycles. The van der Waals surface area contributed by atoms with Crippen molar-refractivity contribution < 1.29 is 23.1 Å². The van der Waals surface area contributed by atoms with Crippen LogP contribution in [0.2, 0.25) is 5.02 Å². The molecule has 0 aliphatic carbocycles. The summed E-state index contributed by atoms with van der Waals surface area (Å²) in [5, 5.41) is 10.1. The minimum Gasteiger partial charge on any atom is -0.503 e. The van der Waals surface area contributed by atoms with Crippen LogP contribution in [0, 0.1) is 24.4 Å². The van der Waals surface area contributed by atoms with Crippen molar-refractivity contribution in [2.24, 2.45) is 0 Å². The Morgan fingerprint density at radius 1 is 1.03 bits per heavy atom. The SMILES string of the molecule is Cc1nc(-c2cc(F)c(F)c(O)c2F)sc1C(=O)N(CCc1ccccc1)Cc1ccc(Cl)cc1. The summed E-state index contributed by atoms with van der Waals surface area (Å²) in [6.45, 7) is 2.29. The van der Waals surface area contributed by atoms with Crippen LogP contribution in [0.1, 0.15) is 26.5 Å². The van der Waals surface area contributed by atoms with E-state index in [-0.39, 0.29) is 15.8 Å². The first-order chi connectivity index (χ1) is 16.7. The number of phenolic OH excluding ortho intramolecular Hbond substituents is 1. The predicted molar refractivity (Wildman–Crippen MR) is 130 cm³/mol. The molecule has 1 heterocycles. The molecule has 1 N–H and O–H groups in total. The van der Waals surface area contributed by atoms with Gasteiger partial charge in [-0.15, -0.1) is 11.3 Å². The monoisotopic (exact) mass is 516 g/mol. The van der Waals surface area contributed by atoms with Crippen LogP contribution in [0.4, 0.5) is 13.2 Å². The van der Waals surface area contributed by atoms with Gasteiger partial charge in [0.2, 0.25) is 5.82 Å². The van der Waals surface area contributed by atoms with Gasteiger partial charge in [0.1, 0.15) is 9.88 Å². The second kappa shape index (κ2) is 10.5. The molecule has 3 aromatic carbocycles.